The topological polar surface area (TPSA) is 12.9 Å². The minimum absolute atomic E-state index is 0.191. The Morgan fingerprint density at radius 1 is 1.06 bits per heavy atom. The molecule has 1 heterocycles. The molecule has 1 atom stereocenters. The van der Waals surface area contributed by atoms with Crippen LogP contribution in [0.15, 0.2) is 42.7 Å². The summed E-state index contributed by atoms with van der Waals surface area (Å²) >= 11 is 18.4. The Labute approximate surface area is 115 Å². The van der Waals surface area contributed by atoms with Gasteiger partial charge in [-0.1, -0.05) is 35.3 Å². The Balaban J connectivity index is 2.20. The zero-order valence-corrected chi connectivity index (χ0v) is 11.2. The average Bonchev–Trinajstić information content (AvgIpc) is 2.34. The van der Waals surface area contributed by atoms with Gasteiger partial charge in [-0.15, -0.1) is 11.6 Å². The van der Waals surface area contributed by atoms with E-state index in [4.69, 9.17) is 34.8 Å². The van der Waals surface area contributed by atoms with E-state index >= 15 is 0 Å². The number of rotatable bonds is 3. The molecule has 0 aliphatic heterocycles. The molecule has 0 radical (unpaired) electrons. The van der Waals surface area contributed by atoms with Gasteiger partial charge in [0.15, 0.2) is 0 Å². The van der Waals surface area contributed by atoms with Crippen LogP contribution in [0, 0.1) is 0 Å². The Morgan fingerprint density at radius 2 is 1.76 bits per heavy atom. The second-order valence-corrected chi connectivity index (χ2v) is 4.98. The first kappa shape index (κ1) is 12.7. The van der Waals surface area contributed by atoms with E-state index in [-0.39, 0.29) is 5.38 Å². The molecule has 1 aromatic carbocycles. The van der Waals surface area contributed by atoms with Crippen LogP contribution in [0.1, 0.15) is 16.5 Å². The van der Waals surface area contributed by atoms with Gasteiger partial charge in [0, 0.05) is 12.4 Å². The third-order valence-electron chi connectivity index (χ3n) is 2.48. The zero-order valence-electron chi connectivity index (χ0n) is 8.91. The predicted molar refractivity (Wildman–Crippen MR) is 73.0 cm³/mol. The highest BCUT2D eigenvalue weighted by molar-refractivity contribution is 6.43. The van der Waals surface area contributed by atoms with E-state index in [9.17, 15) is 0 Å². The molecule has 0 fully saturated rings. The quantitative estimate of drug-likeness (QED) is 0.731. The van der Waals surface area contributed by atoms with Crippen molar-refractivity contribution in [1.82, 2.24) is 4.98 Å². The number of aromatic nitrogens is 1. The van der Waals surface area contributed by atoms with Crippen molar-refractivity contribution in [3.05, 3.63) is 63.9 Å². The molecule has 0 bridgehead atoms. The van der Waals surface area contributed by atoms with E-state index in [2.05, 4.69) is 4.98 Å². The number of halogens is 3. The highest BCUT2D eigenvalue weighted by atomic mass is 35.5. The maximum atomic E-state index is 6.35. The lowest BCUT2D eigenvalue weighted by Crippen LogP contribution is -1.97. The largest absolute Gasteiger partial charge is 0.265 e. The predicted octanol–water partition coefficient (Wildman–Crippen LogP) is 4.91. The number of hydrogen-bond acceptors (Lipinski definition) is 1. The van der Waals surface area contributed by atoms with Crippen LogP contribution in [0.4, 0.5) is 0 Å². The van der Waals surface area contributed by atoms with Gasteiger partial charge in [0.25, 0.3) is 0 Å². The van der Waals surface area contributed by atoms with Crippen molar-refractivity contribution in [3.63, 3.8) is 0 Å². The van der Waals surface area contributed by atoms with Crippen molar-refractivity contribution < 1.29 is 0 Å². The van der Waals surface area contributed by atoms with Crippen molar-refractivity contribution in [2.24, 2.45) is 0 Å². The first-order chi connectivity index (χ1) is 8.18. The second-order valence-electron chi connectivity index (χ2n) is 3.67. The summed E-state index contributed by atoms with van der Waals surface area (Å²) in [4.78, 5) is 3.97. The molecule has 0 aliphatic rings. The lowest BCUT2D eigenvalue weighted by molar-refractivity contribution is 0.916. The number of benzene rings is 1. The van der Waals surface area contributed by atoms with Crippen molar-refractivity contribution in [1.29, 1.82) is 0 Å². The Hall–Kier alpha value is -0.760. The summed E-state index contributed by atoms with van der Waals surface area (Å²) in [6.45, 7) is 0. The van der Waals surface area contributed by atoms with E-state index in [0.717, 1.165) is 11.1 Å². The first-order valence-electron chi connectivity index (χ1n) is 5.15. The molecule has 2 aromatic rings. The van der Waals surface area contributed by atoms with Crippen LogP contribution in [0.25, 0.3) is 0 Å². The third kappa shape index (κ3) is 3.12. The summed E-state index contributed by atoms with van der Waals surface area (Å²) in [5.74, 6) is 0. The van der Waals surface area contributed by atoms with Gasteiger partial charge in [0.2, 0.25) is 0 Å². The summed E-state index contributed by atoms with van der Waals surface area (Å²) in [6.07, 6.45) is 4.20. The highest BCUT2D eigenvalue weighted by Gasteiger charge is 2.14. The Morgan fingerprint density at radius 3 is 2.47 bits per heavy atom. The van der Waals surface area contributed by atoms with Crippen LogP contribution in [0.2, 0.25) is 10.0 Å². The van der Waals surface area contributed by atoms with Gasteiger partial charge in [-0.3, -0.25) is 4.98 Å². The summed E-state index contributed by atoms with van der Waals surface area (Å²) in [7, 11) is 0. The molecule has 1 nitrogen and oxygen atoms in total. The minimum Gasteiger partial charge on any atom is -0.265 e. The fraction of sp³-hybridized carbons (Fsp3) is 0.154. The van der Waals surface area contributed by atoms with Crippen LogP contribution in [0.5, 0.6) is 0 Å². The van der Waals surface area contributed by atoms with Crippen LogP contribution in [0.3, 0.4) is 0 Å². The molecule has 4 heteroatoms. The van der Waals surface area contributed by atoms with E-state index in [0.29, 0.717) is 16.5 Å². The molecule has 17 heavy (non-hydrogen) atoms. The number of nitrogens with zero attached hydrogens (tertiary/aromatic N) is 1. The van der Waals surface area contributed by atoms with E-state index in [1.165, 1.54) is 0 Å². The average molecular weight is 287 g/mol. The lowest BCUT2D eigenvalue weighted by atomic mass is 10.0. The SMILES string of the molecule is Clc1cccc(C(Cl)Cc2ccncc2)c1Cl. The Kier molecular flexibility index (Phi) is 4.27. The van der Waals surface area contributed by atoms with Gasteiger partial charge >= 0.3 is 0 Å². The van der Waals surface area contributed by atoms with Crippen LogP contribution >= 0.6 is 34.8 Å². The highest BCUT2D eigenvalue weighted by Crippen LogP contribution is 2.34. The van der Waals surface area contributed by atoms with Crippen molar-refractivity contribution >= 4 is 34.8 Å². The van der Waals surface area contributed by atoms with Crippen LogP contribution < -0.4 is 0 Å². The maximum Gasteiger partial charge on any atom is 0.0640 e. The molecule has 0 N–H and O–H groups in total. The van der Waals surface area contributed by atoms with Crippen molar-refractivity contribution in [2.45, 2.75) is 11.8 Å². The third-order valence-corrected chi connectivity index (χ3v) is 3.71. The normalized spacial score (nSPS) is 12.4. The Bertz CT molecular complexity index is 499. The number of alkyl halides is 1. The smallest absolute Gasteiger partial charge is 0.0640 e. The van der Waals surface area contributed by atoms with Gasteiger partial charge in [-0.25, -0.2) is 0 Å². The molecule has 1 unspecified atom stereocenters. The molecular formula is C13H10Cl3N. The molecule has 2 rings (SSSR count). The minimum atomic E-state index is -0.191. The fourth-order valence-corrected chi connectivity index (χ4v) is 2.45. The molecule has 1 aromatic heterocycles. The monoisotopic (exact) mass is 285 g/mol. The summed E-state index contributed by atoms with van der Waals surface area (Å²) in [5, 5.41) is 0.872. The summed E-state index contributed by atoms with van der Waals surface area (Å²) < 4.78 is 0. The molecule has 0 aliphatic carbocycles. The molecule has 88 valence electrons. The van der Waals surface area contributed by atoms with E-state index < -0.39 is 0 Å². The summed E-state index contributed by atoms with van der Waals surface area (Å²) in [6, 6.07) is 9.38. The maximum absolute atomic E-state index is 6.35. The van der Waals surface area contributed by atoms with E-state index in [1.54, 1.807) is 18.5 Å². The zero-order chi connectivity index (χ0) is 12.3. The van der Waals surface area contributed by atoms with Crippen LogP contribution in [-0.4, -0.2) is 4.98 Å². The second kappa shape index (κ2) is 5.72. The van der Waals surface area contributed by atoms with E-state index in [1.807, 2.05) is 24.3 Å². The molecule has 0 amide bonds. The van der Waals surface area contributed by atoms with Gasteiger partial charge in [0.05, 0.1) is 15.4 Å². The van der Waals surface area contributed by atoms with Gasteiger partial charge in [0.1, 0.15) is 0 Å². The van der Waals surface area contributed by atoms with Crippen molar-refractivity contribution in [2.75, 3.05) is 0 Å². The lowest BCUT2D eigenvalue weighted by Gasteiger charge is -2.12. The first-order valence-corrected chi connectivity index (χ1v) is 6.34. The van der Waals surface area contributed by atoms with Gasteiger partial charge < -0.3 is 0 Å². The number of pyridine rings is 1. The standard InChI is InChI=1S/C13H10Cl3N/c14-11-3-1-2-10(13(11)16)12(15)8-9-4-6-17-7-5-9/h1-7,12H,8H2. The van der Waals surface area contributed by atoms with Crippen LogP contribution in [-0.2, 0) is 6.42 Å². The summed E-state index contributed by atoms with van der Waals surface area (Å²) in [5.41, 5.74) is 1.98. The number of hydrogen-bond donors (Lipinski definition) is 0. The molecule has 0 saturated heterocycles. The molecule has 0 spiro atoms. The van der Waals surface area contributed by atoms with Crippen molar-refractivity contribution in [3.8, 4) is 0 Å². The fourth-order valence-electron chi connectivity index (χ4n) is 1.60. The molecular weight excluding hydrogens is 277 g/mol. The van der Waals surface area contributed by atoms with Gasteiger partial charge in [-0.2, -0.15) is 0 Å². The van der Waals surface area contributed by atoms with Gasteiger partial charge in [-0.05, 0) is 35.7 Å². The molecule has 0 saturated carbocycles.